The molecule has 31 heavy (non-hydrogen) atoms. The highest BCUT2D eigenvalue weighted by atomic mass is 32.1. The van der Waals surface area contributed by atoms with E-state index in [2.05, 4.69) is 15.2 Å². The highest BCUT2D eigenvalue weighted by Crippen LogP contribution is 2.31. The third-order valence-corrected chi connectivity index (χ3v) is 6.24. The number of hydrogen-bond acceptors (Lipinski definition) is 7. The number of amides is 1. The lowest BCUT2D eigenvalue weighted by Crippen LogP contribution is -2.36. The van der Waals surface area contributed by atoms with Gasteiger partial charge in [0.2, 0.25) is 0 Å². The van der Waals surface area contributed by atoms with Gasteiger partial charge < -0.3 is 20.7 Å². The van der Waals surface area contributed by atoms with Crippen LogP contribution in [0.15, 0.2) is 60.8 Å². The summed E-state index contributed by atoms with van der Waals surface area (Å²) in [7, 11) is 0. The number of rotatable bonds is 4. The minimum Gasteiger partial charge on any atom is -0.384 e. The molecule has 2 aromatic carbocycles. The summed E-state index contributed by atoms with van der Waals surface area (Å²) in [5, 5.41) is 3.99. The van der Waals surface area contributed by atoms with Crippen LogP contribution in [0.1, 0.15) is 10.4 Å². The smallest absolute Gasteiger partial charge is 0.255 e. The van der Waals surface area contributed by atoms with E-state index in [1.165, 1.54) is 0 Å². The van der Waals surface area contributed by atoms with Crippen molar-refractivity contribution in [1.29, 1.82) is 0 Å². The van der Waals surface area contributed by atoms with Crippen LogP contribution in [-0.4, -0.2) is 42.2 Å². The number of benzene rings is 2. The van der Waals surface area contributed by atoms with Crippen molar-refractivity contribution in [3.05, 3.63) is 66.4 Å². The van der Waals surface area contributed by atoms with Crippen molar-refractivity contribution in [2.24, 2.45) is 0 Å². The standard InChI is InChI=1S/C23H21N5O2S/c24-21-7-4-17(14-25-21)15-2-1-3-16(12-15)22(29)26-18-5-6-19-20(13-18)31-23(27-19)28-8-10-30-11-9-28/h1-7,12-14H,8-11H2,(H2,24,25)(H,26,29). The van der Waals surface area contributed by atoms with E-state index in [0.717, 1.165) is 58.5 Å². The molecule has 156 valence electrons. The Kier molecular flexibility index (Phi) is 5.23. The molecule has 1 amide bonds. The number of nitrogens with zero attached hydrogens (tertiary/aromatic N) is 3. The Balaban J connectivity index is 1.35. The van der Waals surface area contributed by atoms with Gasteiger partial charge in [0.05, 0.1) is 23.4 Å². The lowest BCUT2D eigenvalue weighted by atomic mass is 10.0. The highest BCUT2D eigenvalue weighted by molar-refractivity contribution is 7.22. The van der Waals surface area contributed by atoms with Gasteiger partial charge in [-0.05, 0) is 48.0 Å². The maximum atomic E-state index is 12.9. The number of ether oxygens (including phenoxy) is 1. The summed E-state index contributed by atoms with van der Waals surface area (Å²) in [5.74, 6) is 0.301. The molecule has 1 aliphatic heterocycles. The molecular formula is C23H21N5O2S. The first kappa shape index (κ1) is 19.5. The van der Waals surface area contributed by atoms with Crippen molar-refractivity contribution in [2.75, 3.05) is 42.3 Å². The summed E-state index contributed by atoms with van der Waals surface area (Å²) >= 11 is 1.63. The molecule has 4 aromatic rings. The van der Waals surface area contributed by atoms with Gasteiger partial charge in [-0.15, -0.1) is 0 Å². The van der Waals surface area contributed by atoms with Gasteiger partial charge in [-0.2, -0.15) is 0 Å². The second kappa shape index (κ2) is 8.33. The minimum atomic E-state index is -0.164. The van der Waals surface area contributed by atoms with Gasteiger partial charge in [0, 0.05) is 36.1 Å². The topological polar surface area (TPSA) is 93.4 Å². The number of carbonyl (C=O) groups is 1. The Morgan fingerprint density at radius 2 is 1.94 bits per heavy atom. The van der Waals surface area contributed by atoms with Crippen LogP contribution in [0.5, 0.6) is 0 Å². The lowest BCUT2D eigenvalue weighted by Gasteiger charge is -2.25. The quantitative estimate of drug-likeness (QED) is 0.507. The van der Waals surface area contributed by atoms with E-state index >= 15 is 0 Å². The molecule has 5 rings (SSSR count). The molecule has 1 saturated heterocycles. The van der Waals surface area contributed by atoms with Crippen molar-refractivity contribution >= 4 is 44.1 Å². The van der Waals surface area contributed by atoms with Crippen LogP contribution in [0.3, 0.4) is 0 Å². The van der Waals surface area contributed by atoms with E-state index < -0.39 is 0 Å². The van der Waals surface area contributed by atoms with E-state index in [-0.39, 0.29) is 5.91 Å². The number of nitrogen functional groups attached to an aromatic ring is 1. The molecular weight excluding hydrogens is 410 g/mol. The zero-order valence-corrected chi connectivity index (χ0v) is 17.6. The molecule has 1 aliphatic rings. The van der Waals surface area contributed by atoms with Crippen LogP contribution in [0, 0.1) is 0 Å². The Morgan fingerprint density at radius 3 is 2.74 bits per heavy atom. The fourth-order valence-electron chi connectivity index (χ4n) is 3.50. The van der Waals surface area contributed by atoms with E-state index in [9.17, 15) is 4.79 Å². The predicted molar refractivity (Wildman–Crippen MR) is 125 cm³/mol. The molecule has 0 saturated carbocycles. The third kappa shape index (κ3) is 4.21. The molecule has 2 aromatic heterocycles. The molecule has 0 bridgehead atoms. The summed E-state index contributed by atoms with van der Waals surface area (Å²) in [6.45, 7) is 3.15. The summed E-state index contributed by atoms with van der Waals surface area (Å²) in [6, 6.07) is 16.9. The molecule has 0 atom stereocenters. The van der Waals surface area contributed by atoms with Crippen molar-refractivity contribution in [2.45, 2.75) is 0 Å². The van der Waals surface area contributed by atoms with E-state index in [1.807, 2.05) is 42.5 Å². The second-order valence-corrected chi connectivity index (χ2v) is 8.29. The number of fused-ring (bicyclic) bond motifs is 1. The SMILES string of the molecule is Nc1ccc(-c2cccc(C(=O)Nc3ccc4nc(N5CCOCC5)sc4c3)c2)cn1. The third-order valence-electron chi connectivity index (χ3n) is 5.16. The highest BCUT2D eigenvalue weighted by Gasteiger charge is 2.16. The number of carbonyl (C=O) groups excluding carboxylic acids is 1. The monoisotopic (exact) mass is 431 g/mol. The van der Waals surface area contributed by atoms with Gasteiger partial charge in [0.15, 0.2) is 5.13 Å². The van der Waals surface area contributed by atoms with Gasteiger partial charge in [0.25, 0.3) is 5.91 Å². The van der Waals surface area contributed by atoms with Crippen molar-refractivity contribution in [1.82, 2.24) is 9.97 Å². The average Bonchev–Trinajstić information content (AvgIpc) is 3.24. The normalized spacial score (nSPS) is 14.0. The fourth-order valence-corrected chi connectivity index (χ4v) is 4.56. The molecule has 0 aliphatic carbocycles. The number of nitrogens with one attached hydrogen (secondary N) is 1. The van der Waals surface area contributed by atoms with Crippen LogP contribution < -0.4 is 16.0 Å². The van der Waals surface area contributed by atoms with E-state index in [0.29, 0.717) is 11.4 Å². The first-order chi connectivity index (χ1) is 15.2. The summed E-state index contributed by atoms with van der Waals surface area (Å²) < 4.78 is 6.46. The molecule has 3 N–H and O–H groups in total. The lowest BCUT2D eigenvalue weighted by molar-refractivity contribution is 0.102. The van der Waals surface area contributed by atoms with Crippen LogP contribution in [0.4, 0.5) is 16.6 Å². The van der Waals surface area contributed by atoms with Crippen LogP contribution in [-0.2, 0) is 4.74 Å². The number of hydrogen-bond donors (Lipinski definition) is 2. The number of anilines is 3. The number of nitrogens with two attached hydrogens (primary N) is 1. The van der Waals surface area contributed by atoms with Crippen LogP contribution >= 0.6 is 11.3 Å². The zero-order chi connectivity index (χ0) is 21.2. The molecule has 1 fully saturated rings. The second-order valence-electron chi connectivity index (χ2n) is 7.29. The number of thiazole rings is 1. The Labute approximate surface area is 183 Å². The maximum absolute atomic E-state index is 12.9. The Morgan fingerprint density at radius 1 is 1.06 bits per heavy atom. The number of pyridine rings is 1. The average molecular weight is 432 g/mol. The fraction of sp³-hybridized carbons (Fsp3) is 0.174. The maximum Gasteiger partial charge on any atom is 0.255 e. The molecule has 8 heteroatoms. The number of aromatic nitrogens is 2. The van der Waals surface area contributed by atoms with E-state index in [1.54, 1.807) is 29.7 Å². The van der Waals surface area contributed by atoms with Crippen molar-refractivity contribution in [3.63, 3.8) is 0 Å². The van der Waals surface area contributed by atoms with E-state index in [4.69, 9.17) is 15.5 Å². The van der Waals surface area contributed by atoms with Gasteiger partial charge in [0.1, 0.15) is 5.82 Å². The molecule has 0 unspecified atom stereocenters. The first-order valence-corrected chi connectivity index (χ1v) is 10.8. The van der Waals surface area contributed by atoms with Crippen LogP contribution in [0.2, 0.25) is 0 Å². The van der Waals surface area contributed by atoms with Gasteiger partial charge in [-0.1, -0.05) is 23.5 Å². The zero-order valence-electron chi connectivity index (χ0n) is 16.7. The molecule has 0 spiro atoms. The van der Waals surface area contributed by atoms with Gasteiger partial charge in [-0.3, -0.25) is 4.79 Å². The largest absolute Gasteiger partial charge is 0.384 e. The molecule has 7 nitrogen and oxygen atoms in total. The summed E-state index contributed by atoms with van der Waals surface area (Å²) in [5.41, 5.74) is 9.74. The minimum absolute atomic E-state index is 0.164. The molecule has 3 heterocycles. The van der Waals surface area contributed by atoms with Gasteiger partial charge >= 0.3 is 0 Å². The predicted octanol–water partition coefficient (Wildman–Crippen LogP) is 4.03. The van der Waals surface area contributed by atoms with Crippen molar-refractivity contribution < 1.29 is 9.53 Å². The Bertz CT molecular complexity index is 1230. The number of morpholine rings is 1. The molecule has 0 radical (unpaired) electrons. The summed E-state index contributed by atoms with van der Waals surface area (Å²) in [4.78, 5) is 24.0. The van der Waals surface area contributed by atoms with Gasteiger partial charge in [-0.25, -0.2) is 9.97 Å². The first-order valence-electron chi connectivity index (χ1n) is 10.0. The Hall–Kier alpha value is -3.49. The van der Waals surface area contributed by atoms with Crippen molar-refractivity contribution in [3.8, 4) is 11.1 Å². The van der Waals surface area contributed by atoms with Crippen LogP contribution in [0.25, 0.3) is 21.3 Å². The summed E-state index contributed by atoms with van der Waals surface area (Å²) in [6.07, 6.45) is 1.70.